The Morgan fingerprint density at radius 1 is 1.44 bits per heavy atom. The van der Waals surface area contributed by atoms with Crippen molar-refractivity contribution in [3.8, 4) is 0 Å². The van der Waals surface area contributed by atoms with Crippen molar-refractivity contribution in [1.29, 1.82) is 0 Å². The Bertz CT molecular complexity index is 522. The van der Waals surface area contributed by atoms with Gasteiger partial charge in [0.25, 0.3) is 0 Å². The molecule has 0 unspecified atom stereocenters. The molecule has 94 valence electrons. The highest BCUT2D eigenvalue weighted by Gasteiger charge is 2.04. The van der Waals surface area contributed by atoms with E-state index >= 15 is 0 Å². The Kier molecular flexibility index (Phi) is 4.78. The van der Waals surface area contributed by atoms with Gasteiger partial charge in [0.2, 0.25) is 5.13 Å². The average molecular weight is 277 g/mol. The molecule has 0 bridgehead atoms. The molecule has 1 aromatic heterocycles. The molecule has 1 N–H and O–H groups in total. The van der Waals surface area contributed by atoms with E-state index in [4.69, 9.17) is 0 Å². The maximum atomic E-state index is 4.14. The van der Waals surface area contributed by atoms with Crippen LogP contribution in [0.25, 0.3) is 0 Å². The van der Waals surface area contributed by atoms with Crippen LogP contribution in [-0.2, 0) is 5.75 Å². The lowest BCUT2D eigenvalue weighted by Gasteiger charge is -1.99. The van der Waals surface area contributed by atoms with Crippen LogP contribution in [0.4, 0.5) is 5.13 Å². The quantitative estimate of drug-likeness (QED) is 0.645. The first-order valence-electron chi connectivity index (χ1n) is 5.64. The summed E-state index contributed by atoms with van der Waals surface area (Å²) in [4.78, 5) is 0. The third kappa shape index (κ3) is 3.85. The monoisotopic (exact) mass is 277 g/mol. The van der Waals surface area contributed by atoms with Gasteiger partial charge in [0.1, 0.15) is 0 Å². The number of hydrogen-bond donors (Lipinski definition) is 1. The maximum Gasteiger partial charge on any atom is 0.206 e. The van der Waals surface area contributed by atoms with Crippen molar-refractivity contribution < 1.29 is 0 Å². The fourth-order valence-corrected chi connectivity index (χ4v) is 3.15. The summed E-state index contributed by atoms with van der Waals surface area (Å²) < 4.78 is 0.989. The van der Waals surface area contributed by atoms with E-state index in [1.807, 2.05) is 0 Å². The van der Waals surface area contributed by atoms with Crippen molar-refractivity contribution in [3.05, 3.63) is 48.0 Å². The summed E-state index contributed by atoms with van der Waals surface area (Å²) in [5.74, 6) is 0.928. The molecule has 0 aliphatic carbocycles. The van der Waals surface area contributed by atoms with Gasteiger partial charge in [-0.2, -0.15) is 0 Å². The first-order chi connectivity index (χ1) is 8.78. The third-order valence-corrected chi connectivity index (χ3v) is 4.33. The molecule has 1 aromatic carbocycles. The Balaban J connectivity index is 1.90. The molecule has 2 rings (SSSR count). The minimum atomic E-state index is 0.719. The number of aryl methyl sites for hydroxylation is 1. The van der Waals surface area contributed by atoms with Crippen molar-refractivity contribution in [2.24, 2.45) is 0 Å². The van der Waals surface area contributed by atoms with Crippen LogP contribution in [0, 0.1) is 6.92 Å². The van der Waals surface area contributed by atoms with E-state index in [9.17, 15) is 0 Å². The Morgan fingerprint density at radius 3 is 3.11 bits per heavy atom. The molecular formula is C13H15N3S2. The summed E-state index contributed by atoms with van der Waals surface area (Å²) in [7, 11) is 0. The smallest absolute Gasteiger partial charge is 0.206 e. The molecule has 1 heterocycles. The molecule has 0 aliphatic rings. The van der Waals surface area contributed by atoms with Crippen LogP contribution in [0.5, 0.6) is 0 Å². The van der Waals surface area contributed by atoms with Gasteiger partial charge in [-0.1, -0.05) is 59.0 Å². The third-order valence-electron chi connectivity index (χ3n) is 2.25. The topological polar surface area (TPSA) is 37.8 Å². The van der Waals surface area contributed by atoms with Crippen LogP contribution < -0.4 is 5.32 Å². The molecule has 0 spiro atoms. The predicted molar refractivity (Wildman–Crippen MR) is 79.3 cm³/mol. The van der Waals surface area contributed by atoms with E-state index in [1.165, 1.54) is 11.1 Å². The number of aromatic nitrogens is 2. The molecule has 18 heavy (non-hydrogen) atoms. The second-order valence-electron chi connectivity index (χ2n) is 3.82. The highest BCUT2D eigenvalue weighted by atomic mass is 32.2. The van der Waals surface area contributed by atoms with Crippen molar-refractivity contribution in [1.82, 2.24) is 10.2 Å². The largest absolute Gasteiger partial charge is 0.357 e. The van der Waals surface area contributed by atoms with Gasteiger partial charge in [-0.05, 0) is 12.5 Å². The first kappa shape index (κ1) is 13.1. The van der Waals surface area contributed by atoms with E-state index in [0.717, 1.165) is 21.8 Å². The lowest BCUT2D eigenvalue weighted by molar-refractivity contribution is 1.01. The summed E-state index contributed by atoms with van der Waals surface area (Å²) in [6.45, 7) is 6.48. The summed E-state index contributed by atoms with van der Waals surface area (Å²) in [6.07, 6.45) is 1.81. The van der Waals surface area contributed by atoms with Gasteiger partial charge in [0.05, 0.1) is 0 Å². The van der Waals surface area contributed by atoms with Crippen LogP contribution in [0.3, 0.4) is 0 Å². The number of anilines is 1. The number of hydrogen-bond acceptors (Lipinski definition) is 5. The number of nitrogens with zero attached hydrogens (tertiary/aromatic N) is 2. The molecule has 5 heteroatoms. The molecule has 0 radical (unpaired) electrons. The van der Waals surface area contributed by atoms with Gasteiger partial charge < -0.3 is 5.32 Å². The SMILES string of the molecule is C=CCNc1nnc(SCc2cccc(C)c2)s1. The zero-order chi connectivity index (χ0) is 12.8. The molecule has 0 fully saturated rings. The normalized spacial score (nSPS) is 10.3. The zero-order valence-electron chi connectivity index (χ0n) is 10.2. The number of nitrogens with one attached hydrogen (secondary N) is 1. The lowest BCUT2D eigenvalue weighted by Crippen LogP contribution is -1.96. The highest BCUT2D eigenvalue weighted by molar-refractivity contribution is 8.00. The molecule has 0 amide bonds. The molecule has 3 nitrogen and oxygen atoms in total. The van der Waals surface area contributed by atoms with Crippen molar-refractivity contribution >= 4 is 28.2 Å². The standard InChI is InChI=1S/C13H15N3S2/c1-3-7-14-12-15-16-13(18-12)17-9-11-6-4-5-10(2)8-11/h3-6,8H,1,7,9H2,2H3,(H,14,15). The fourth-order valence-electron chi connectivity index (χ4n) is 1.45. The molecule has 0 aliphatic heterocycles. The minimum absolute atomic E-state index is 0.719. The van der Waals surface area contributed by atoms with E-state index in [0.29, 0.717) is 0 Å². The number of thioether (sulfide) groups is 1. The molecule has 0 saturated heterocycles. The van der Waals surface area contributed by atoms with E-state index in [-0.39, 0.29) is 0 Å². The second-order valence-corrected chi connectivity index (χ2v) is 6.02. The predicted octanol–water partition coefficient (Wildman–Crippen LogP) is 3.74. The summed E-state index contributed by atoms with van der Waals surface area (Å²) >= 11 is 3.29. The first-order valence-corrected chi connectivity index (χ1v) is 7.45. The molecule has 0 saturated carbocycles. The van der Waals surface area contributed by atoms with Gasteiger partial charge in [0.15, 0.2) is 4.34 Å². The van der Waals surface area contributed by atoms with Gasteiger partial charge >= 0.3 is 0 Å². The Labute approximate surface area is 115 Å². The number of benzene rings is 1. The van der Waals surface area contributed by atoms with Crippen molar-refractivity contribution in [3.63, 3.8) is 0 Å². The van der Waals surface area contributed by atoms with Gasteiger partial charge in [0, 0.05) is 12.3 Å². The lowest BCUT2D eigenvalue weighted by atomic mass is 10.2. The van der Waals surface area contributed by atoms with Gasteiger partial charge in [-0.3, -0.25) is 0 Å². The fraction of sp³-hybridized carbons (Fsp3) is 0.231. The van der Waals surface area contributed by atoms with E-state index in [1.54, 1.807) is 29.2 Å². The zero-order valence-corrected chi connectivity index (χ0v) is 11.9. The summed E-state index contributed by atoms with van der Waals surface area (Å²) in [5, 5.41) is 12.2. The molecular weight excluding hydrogens is 262 g/mol. The molecule has 0 atom stereocenters. The summed E-state index contributed by atoms with van der Waals surface area (Å²) in [5.41, 5.74) is 2.61. The molecule has 2 aromatic rings. The van der Waals surface area contributed by atoms with Crippen LogP contribution >= 0.6 is 23.1 Å². The van der Waals surface area contributed by atoms with Crippen LogP contribution in [0.2, 0.25) is 0 Å². The van der Waals surface area contributed by atoms with Crippen LogP contribution in [0.15, 0.2) is 41.3 Å². The Morgan fingerprint density at radius 2 is 2.33 bits per heavy atom. The van der Waals surface area contributed by atoms with Crippen molar-refractivity contribution in [2.75, 3.05) is 11.9 Å². The van der Waals surface area contributed by atoms with Crippen molar-refractivity contribution in [2.45, 2.75) is 17.0 Å². The Hall–Kier alpha value is -1.33. The van der Waals surface area contributed by atoms with Crippen LogP contribution in [0.1, 0.15) is 11.1 Å². The summed E-state index contributed by atoms with van der Waals surface area (Å²) in [6, 6.07) is 8.53. The van der Waals surface area contributed by atoms with Gasteiger partial charge in [-0.25, -0.2) is 0 Å². The maximum absolute atomic E-state index is 4.14. The minimum Gasteiger partial charge on any atom is -0.357 e. The average Bonchev–Trinajstić information content (AvgIpc) is 2.82. The van der Waals surface area contributed by atoms with E-state index < -0.39 is 0 Å². The van der Waals surface area contributed by atoms with Crippen LogP contribution in [-0.4, -0.2) is 16.7 Å². The number of rotatable bonds is 6. The van der Waals surface area contributed by atoms with Gasteiger partial charge in [-0.15, -0.1) is 16.8 Å². The second kappa shape index (κ2) is 6.56. The highest BCUT2D eigenvalue weighted by Crippen LogP contribution is 2.28. The van der Waals surface area contributed by atoms with E-state index in [2.05, 4.69) is 53.3 Å².